The molecule has 1 aromatic rings. The maximum Gasteiger partial charge on any atom is 0.305 e. The summed E-state index contributed by atoms with van der Waals surface area (Å²) in [5.74, 6) is -0.444. The minimum absolute atomic E-state index is 0.109. The number of carbonyl (C=O) groups is 2. The zero-order valence-electron chi connectivity index (χ0n) is 11.2. The molecule has 0 bridgehead atoms. The van der Waals surface area contributed by atoms with Crippen molar-refractivity contribution in [2.24, 2.45) is 0 Å². The van der Waals surface area contributed by atoms with Crippen molar-refractivity contribution in [2.45, 2.75) is 12.5 Å². The van der Waals surface area contributed by atoms with E-state index in [1.54, 1.807) is 36.3 Å². The summed E-state index contributed by atoms with van der Waals surface area (Å²) in [4.78, 5) is 24.8. The van der Waals surface area contributed by atoms with Crippen molar-refractivity contribution < 1.29 is 24.2 Å². The van der Waals surface area contributed by atoms with Gasteiger partial charge in [-0.3, -0.25) is 9.59 Å². The maximum atomic E-state index is 12.4. The summed E-state index contributed by atoms with van der Waals surface area (Å²) in [5, 5.41) is 8.89. The van der Waals surface area contributed by atoms with Crippen molar-refractivity contribution in [2.75, 3.05) is 26.9 Å². The van der Waals surface area contributed by atoms with Crippen LogP contribution in [0.25, 0.3) is 0 Å². The highest BCUT2D eigenvalue weighted by Gasteiger charge is 2.29. The van der Waals surface area contributed by atoms with Crippen molar-refractivity contribution in [1.29, 1.82) is 0 Å². The molecule has 108 valence electrons. The number of nitrogens with zero attached hydrogens (tertiary/aromatic N) is 1. The van der Waals surface area contributed by atoms with E-state index in [1.165, 1.54) is 0 Å². The van der Waals surface area contributed by atoms with Crippen LogP contribution in [-0.2, 0) is 9.53 Å². The summed E-state index contributed by atoms with van der Waals surface area (Å²) in [5.41, 5.74) is 0.517. The zero-order chi connectivity index (χ0) is 14.5. The van der Waals surface area contributed by atoms with Crippen LogP contribution in [0.15, 0.2) is 24.3 Å². The Labute approximate surface area is 116 Å². The quantitative estimate of drug-likeness (QED) is 0.890. The Morgan fingerprint density at radius 1 is 1.40 bits per heavy atom. The highest BCUT2D eigenvalue weighted by Crippen LogP contribution is 2.17. The van der Waals surface area contributed by atoms with Gasteiger partial charge >= 0.3 is 5.97 Å². The molecule has 1 heterocycles. The molecule has 0 aromatic heterocycles. The van der Waals surface area contributed by atoms with Crippen LogP contribution in [0.1, 0.15) is 16.8 Å². The number of carbonyl (C=O) groups excluding carboxylic acids is 1. The van der Waals surface area contributed by atoms with Gasteiger partial charge in [-0.1, -0.05) is 0 Å². The molecule has 1 aliphatic heterocycles. The SMILES string of the molecule is COc1ccc(C(=O)N2CCOCC2CC(=O)O)cc1. The van der Waals surface area contributed by atoms with Crippen LogP contribution in [0.4, 0.5) is 0 Å². The second-order valence-electron chi connectivity index (χ2n) is 4.55. The molecule has 2 rings (SSSR count). The molecule has 0 saturated carbocycles. The van der Waals surface area contributed by atoms with E-state index in [1.807, 2.05) is 0 Å². The number of benzene rings is 1. The number of methoxy groups -OCH3 is 1. The first-order chi connectivity index (χ1) is 9.61. The van der Waals surface area contributed by atoms with Gasteiger partial charge in [0.05, 0.1) is 32.8 Å². The fourth-order valence-electron chi connectivity index (χ4n) is 2.19. The van der Waals surface area contributed by atoms with Crippen molar-refractivity contribution in [1.82, 2.24) is 4.90 Å². The van der Waals surface area contributed by atoms with Gasteiger partial charge in [-0.05, 0) is 24.3 Å². The first-order valence-corrected chi connectivity index (χ1v) is 6.36. The van der Waals surface area contributed by atoms with Gasteiger partial charge in [-0.15, -0.1) is 0 Å². The third-order valence-electron chi connectivity index (χ3n) is 3.24. The molecule has 1 aliphatic rings. The van der Waals surface area contributed by atoms with Crippen LogP contribution in [0, 0.1) is 0 Å². The Balaban J connectivity index is 2.13. The Bertz CT molecular complexity index is 485. The van der Waals surface area contributed by atoms with Crippen molar-refractivity contribution >= 4 is 11.9 Å². The third kappa shape index (κ3) is 3.27. The first-order valence-electron chi connectivity index (χ1n) is 6.36. The van der Waals surface area contributed by atoms with Gasteiger partial charge in [0.2, 0.25) is 0 Å². The maximum absolute atomic E-state index is 12.4. The molecule has 1 N–H and O–H groups in total. The fraction of sp³-hybridized carbons (Fsp3) is 0.429. The van der Waals surface area contributed by atoms with E-state index in [2.05, 4.69) is 0 Å². The fourth-order valence-corrected chi connectivity index (χ4v) is 2.19. The van der Waals surface area contributed by atoms with Crippen LogP contribution in [0.5, 0.6) is 5.75 Å². The van der Waals surface area contributed by atoms with Gasteiger partial charge in [0.15, 0.2) is 0 Å². The molecular formula is C14H17NO5. The number of carboxylic acids is 1. The summed E-state index contributed by atoms with van der Waals surface area (Å²) in [6.07, 6.45) is -0.109. The van der Waals surface area contributed by atoms with E-state index in [0.29, 0.717) is 24.5 Å². The summed E-state index contributed by atoms with van der Waals surface area (Å²) >= 11 is 0. The van der Waals surface area contributed by atoms with Gasteiger partial charge < -0.3 is 19.5 Å². The van der Waals surface area contributed by atoms with E-state index < -0.39 is 12.0 Å². The Hall–Kier alpha value is -2.08. The number of hydrogen-bond acceptors (Lipinski definition) is 4. The Morgan fingerprint density at radius 2 is 2.10 bits per heavy atom. The van der Waals surface area contributed by atoms with Gasteiger partial charge in [0.25, 0.3) is 5.91 Å². The molecule has 1 atom stereocenters. The number of hydrogen-bond donors (Lipinski definition) is 1. The number of carboxylic acid groups (broad SMARTS) is 1. The van der Waals surface area contributed by atoms with E-state index in [9.17, 15) is 9.59 Å². The second kappa shape index (κ2) is 6.38. The summed E-state index contributed by atoms with van der Waals surface area (Å²) in [6, 6.07) is 6.35. The van der Waals surface area contributed by atoms with Crippen LogP contribution in [0.2, 0.25) is 0 Å². The van der Waals surface area contributed by atoms with Crippen LogP contribution < -0.4 is 4.74 Å². The summed E-state index contributed by atoms with van der Waals surface area (Å²) in [7, 11) is 1.56. The smallest absolute Gasteiger partial charge is 0.305 e. The predicted molar refractivity (Wildman–Crippen MR) is 70.9 cm³/mol. The number of aliphatic carboxylic acids is 1. The normalized spacial score (nSPS) is 18.6. The lowest BCUT2D eigenvalue weighted by molar-refractivity contribution is -0.139. The zero-order valence-corrected chi connectivity index (χ0v) is 11.2. The molecule has 1 unspecified atom stereocenters. The molecule has 0 spiro atoms. The highest BCUT2D eigenvalue weighted by atomic mass is 16.5. The Morgan fingerprint density at radius 3 is 2.70 bits per heavy atom. The molecule has 1 amide bonds. The number of amides is 1. The molecule has 1 saturated heterocycles. The lowest BCUT2D eigenvalue weighted by Gasteiger charge is -2.34. The average molecular weight is 279 g/mol. The molecule has 1 fully saturated rings. The Kier molecular flexibility index (Phi) is 4.57. The summed E-state index contributed by atoms with van der Waals surface area (Å²) < 4.78 is 10.3. The predicted octanol–water partition coefficient (Wildman–Crippen LogP) is 1.01. The minimum Gasteiger partial charge on any atom is -0.497 e. The molecule has 0 aliphatic carbocycles. The van der Waals surface area contributed by atoms with Crippen LogP contribution in [0.3, 0.4) is 0 Å². The third-order valence-corrected chi connectivity index (χ3v) is 3.24. The van der Waals surface area contributed by atoms with Crippen molar-refractivity contribution in [3.63, 3.8) is 0 Å². The molecule has 1 aromatic carbocycles. The first kappa shape index (κ1) is 14.3. The molecule has 0 radical (unpaired) electrons. The summed E-state index contributed by atoms with van der Waals surface area (Å²) in [6.45, 7) is 1.09. The lowest BCUT2D eigenvalue weighted by atomic mass is 10.1. The highest BCUT2D eigenvalue weighted by molar-refractivity contribution is 5.94. The van der Waals surface area contributed by atoms with E-state index in [0.717, 1.165) is 0 Å². The van der Waals surface area contributed by atoms with Crippen LogP contribution >= 0.6 is 0 Å². The number of rotatable bonds is 4. The molecule has 6 heteroatoms. The monoisotopic (exact) mass is 279 g/mol. The topological polar surface area (TPSA) is 76.1 Å². The van der Waals surface area contributed by atoms with Gasteiger partial charge in [0.1, 0.15) is 5.75 Å². The van der Waals surface area contributed by atoms with Crippen molar-refractivity contribution in [3.8, 4) is 5.75 Å². The van der Waals surface area contributed by atoms with Gasteiger partial charge in [0, 0.05) is 12.1 Å². The second-order valence-corrected chi connectivity index (χ2v) is 4.55. The van der Waals surface area contributed by atoms with E-state index >= 15 is 0 Å². The lowest BCUT2D eigenvalue weighted by Crippen LogP contribution is -2.49. The van der Waals surface area contributed by atoms with Gasteiger partial charge in [-0.2, -0.15) is 0 Å². The minimum atomic E-state index is -0.937. The van der Waals surface area contributed by atoms with Gasteiger partial charge in [-0.25, -0.2) is 0 Å². The molecule has 6 nitrogen and oxygen atoms in total. The standard InChI is InChI=1S/C14H17NO5/c1-19-12-4-2-10(3-5-12)14(18)15-6-7-20-9-11(15)8-13(16)17/h2-5,11H,6-9H2,1H3,(H,16,17). The number of ether oxygens (including phenoxy) is 2. The largest absolute Gasteiger partial charge is 0.497 e. The van der Waals surface area contributed by atoms with Crippen molar-refractivity contribution in [3.05, 3.63) is 29.8 Å². The van der Waals surface area contributed by atoms with E-state index in [-0.39, 0.29) is 18.9 Å². The molecule has 20 heavy (non-hydrogen) atoms. The van der Waals surface area contributed by atoms with Crippen LogP contribution in [-0.4, -0.2) is 54.8 Å². The van der Waals surface area contributed by atoms with E-state index in [4.69, 9.17) is 14.6 Å². The number of morpholine rings is 1. The molecular weight excluding hydrogens is 262 g/mol. The average Bonchev–Trinajstić information content (AvgIpc) is 2.46.